The second-order valence-corrected chi connectivity index (χ2v) is 15.3. The van der Waals surface area contributed by atoms with E-state index in [9.17, 15) is 0 Å². The summed E-state index contributed by atoms with van der Waals surface area (Å²) in [6, 6.07) is 0. The molecule has 5 fully saturated rings. The Hall–Kier alpha value is 0.410. The van der Waals surface area contributed by atoms with Gasteiger partial charge in [-0.2, -0.15) is 18.7 Å². The van der Waals surface area contributed by atoms with Gasteiger partial charge in [-0.1, -0.05) is 0 Å². The molecule has 0 aromatic carbocycles. The van der Waals surface area contributed by atoms with E-state index in [0.29, 0.717) is 0 Å². The van der Waals surface area contributed by atoms with Crippen LogP contribution in [-0.4, -0.2) is 88.8 Å². The Morgan fingerprint density at radius 2 is 0.957 bits per heavy atom. The lowest BCUT2D eigenvalue weighted by Crippen LogP contribution is -2.24. The largest absolute Gasteiger partial charge is 0.264 e. The molecule has 5 saturated heterocycles. The highest BCUT2D eigenvalue weighted by Crippen LogP contribution is 2.85. The Labute approximate surface area is 136 Å². The minimum absolute atomic E-state index is 1.06. The van der Waals surface area contributed by atoms with Crippen molar-refractivity contribution in [1.29, 1.82) is 0 Å². The van der Waals surface area contributed by atoms with Crippen LogP contribution < -0.4 is 11.0 Å². The van der Waals surface area contributed by atoms with Gasteiger partial charge in [-0.15, -0.1) is 0 Å². The highest BCUT2D eigenvalue weighted by Gasteiger charge is 2.57. The van der Waals surface area contributed by atoms with Crippen LogP contribution in [0.2, 0.25) is 0 Å². The number of hydrazine groups is 1. The van der Waals surface area contributed by atoms with E-state index in [4.69, 9.17) is 19.4 Å². The fourth-order valence-corrected chi connectivity index (χ4v) is 17.5. The summed E-state index contributed by atoms with van der Waals surface area (Å²) in [6.45, 7) is 11.1. The lowest BCUT2D eigenvalue weighted by Gasteiger charge is -2.37. The molecule has 6 aliphatic rings. The number of rotatable bonds is 6. The first-order valence-electron chi connectivity index (χ1n) is 8.37. The maximum absolute atomic E-state index is 6.09. The third-order valence-corrected chi connectivity index (χ3v) is 16.9. The third-order valence-electron chi connectivity index (χ3n) is 4.93. The first kappa shape index (κ1) is 14.6. The van der Waals surface area contributed by atoms with Gasteiger partial charge in [0.2, 0.25) is 22.5 Å². The second kappa shape index (κ2) is 4.57. The lowest BCUT2D eigenvalue weighted by molar-refractivity contribution is 0.745. The molecule has 10 nitrogen and oxygen atoms in total. The van der Waals surface area contributed by atoms with Crippen LogP contribution in [0.15, 0.2) is 13.5 Å². The van der Waals surface area contributed by atoms with Crippen LogP contribution in [0.25, 0.3) is 0 Å². The van der Waals surface area contributed by atoms with Crippen LogP contribution in [0.3, 0.4) is 0 Å². The van der Waals surface area contributed by atoms with Gasteiger partial charge >= 0.3 is 0 Å². The lowest BCUT2D eigenvalue weighted by atomic mass is 11.0. The molecule has 0 amide bonds. The maximum atomic E-state index is 6.09. The van der Waals surface area contributed by atoms with E-state index in [2.05, 4.69) is 28.5 Å². The molecule has 0 aromatic heterocycles. The van der Waals surface area contributed by atoms with Gasteiger partial charge in [-0.25, -0.2) is 23.4 Å². The van der Waals surface area contributed by atoms with E-state index in [1.54, 1.807) is 0 Å². The molecule has 23 heavy (non-hydrogen) atoms. The van der Waals surface area contributed by atoms with E-state index in [-0.39, 0.29) is 0 Å². The van der Waals surface area contributed by atoms with Crippen LogP contribution in [0.4, 0.5) is 0 Å². The van der Waals surface area contributed by atoms with Crippen molar-refractivity contribution < 1.29 is 0 Å². The molecule has 6 heterocycles. The SMILES string of the molecule is NNP1(N2CC2)=NP(N2CC2)(N2CC2)=NP(N2CC2)(N2CC2)=N1. The molecule has 1 unspecified atom stereocenters. The number of nitrogens with one attached hydrogen (secondary N) is 1. The first-order valence-corrected chi connectivity index (χ1v) is 13.2. The van der Waals surface area contributed by atoms with Crippen LogP contribution >= 0.6 is 22.5 Å². The highest BCUT2D eigenvalue weighted by atomic mass is 31.3. The van der Waals surface area contributed by atoms with E-state index in [1.165, 1.54) is 0 Å². The Morgan fingerprint density at radius 3 is 1.30 bits per heavy atom. The van der Waals surface area contributed by atoms with Gasteiger partial charge < -0.3 is 0 Å². The van der Waals surface area contributed by atoms with Crippen LogP contribution in [0.5, 0.6) is 0 Å². The summed E-state index contributed by atoms with van der Waals surface area (Å²) in [7, 11) is -6.10. The van der Waals surface area contributed by atoms with Crippen molar-refractivity contribution >= 4 is 22.5 Å². The summed E-state index contributed by atoms with van der Waals surface area (Å²) in [5.74, 6) is 6.09. The Kier molecular flexibility index (Phi) is 2.89. The molecule has 0 radical (unpaired) electrons. The zero-order chi connectivity index (χ0) is 15.3. The van der Waals surface area contributed by atoms with Gasteiger partial charge in [0, 0.05) is 65.4 Å². The summed E-state index contributed by atoms with van der Waals surface area (Å²) >= 11 is 0. The minimum atomic E-state index is -2.18. The van der Waals surface area contributed by atoms with Gasteiger partial charge in [-0.05, 0) is 0 Å². The zero-order valence-corrected chi connectivity index (χ0v) is 15.8. The zero-order valence-electron chi connectivity index (χ0n) is 13.1. The average Bonchev–Trinajstić information content (AvgIpc) is 3.44. The molecular formula is C10H23N10P3. The molecular weight excluding hydrogens is 353 g/mol. The van der Waals surface area contributed by atoms with Gasteiger partial charge in [0.15, 0.2) is 0 Å². The quantitative estimate of drug-likeness (QED) is 0.308. The molecule has 0 aliphatic carbocycles. The van der Waals surface area contributed by atoms with E-state index < -0.39 is 22.5 Å². The molecule has 13 heteroatoms. The van der Waals surface area contributed by atoms with Crippen molar-refractivity contribution in [1.82, 2.24) is 28.5 Å². The molecule has 0 spiro atoms. The molecule has 128 valence electrons. The topological polar surface area (TPSA) is 90.2 Å². The van der Waals surface area contributed by atoms with Gasteiger partial charge in [-0.3, -0.25) is 5.84 Å². The second-order valence-electron chi connectivity index (χ2n) is 6.81. The highest BCUT2D eigenvalue weighted by molar-refractivity contribution is 7.83. The van der Waals surface area contributed by atoms with Crippen molar-refractivity contribution in [3.63, 3.8) is 0 Å². The van der Waals surface area contributed by atoms with E-state index in [1.807, 2.05) is 0 Å². The van der Waals surface area contributed by atoms with E-state index in [0.717, 1.165) is 65.4 Å². The summed E-state index contributed by atoms with van der Waals surface area (Å²) < 4.78 is 28.7. The van der Waals surface area contributed by atoms with Crippen molar-refractivity contribution in [2.24, 2.45) is 19.4 Å². The normalized spacial score (nSPS) is 41.6. The summed E-state index contributed by atoms with van der Waals surface area (Å²) in [4.78, 5) is 0. The van der Waals surface area contributed by atoms with Gasteiger partial charge in [0.05, 0.1) is 0 Å². The van der Waals surface area contributed by atoms with Crippen molar-refractivity contribution in [2.75, 3.05) is 65.4 Å². The standard InChI is InChI=1S/C10H23N10P3/c11-12-21(16-1-2-16)13-22(17-3-4-17,18-5-6-18)15-23(14-21,19-7-8-19)20-9-10-20/h12H,1-11H2. The number of nitrogens with zero attached hydrogens (tertiary/aromatic N) is 8. The smallest absolute Gasteiger partial charge is 0.231 e. The average molecular weight is 376 g/mol. The fraction of sp³-hybridized carbons (Fsp3) is 1.00. The Balaban J connectivity index is 1.65. The van der Waals surface area contributed by atoms with Crippen molar-refractivity contribution in [2.45, 2.75) is 0 Å². The Bertz CT molecular complexity index is 668. The summed E-state index contributed by atoms with van der Waals surface area (Å²) in [6.07, 6.45) is 0. The van der Waals surface area contributed by atoms with Crippen molar-refractivity contribution in [3.8, 4) is 0 Å². The number of nitrogens with two attached hydrogens (primary N) is 1. The minimum Gasteiger partial charge on any atom is -0.264 e. The van der Waals surface area contributed by atoms with E-state index >= 15 is 0 Å². The molecule has 0 aromatic rings. The molecule has 0 bridgehead atoms. The molecule has 3 N–H and O–H groups in total. The third kappa shape index (κ3) is 2.12. The predicted octanol–water partition coefficient (Wildman–Crippen LogP) is 0.880. The maximum Gasteiger partial charge on any atom is 0.231 e. The Morgan fingerprint density at radius 1 is 0.565 bits per heavy atom. The van der Waals surface area contributed by atoms with Crippen molar-refractivity contribution in [3.05, 3.63) is 0 Å². The molecule has 0 saturated carbocycles. The molecule has 6 rings (SSSR count). The van der Waals surface area contributed by atoms with Gasteiger partial charge in [0.1, 0.15) is 0 Å². The monoisotopic (exact) mass is 376 g/mol. The predicted molar refractivity (Wildman–Crippen MR) is 93.2 cm³/mol. The van der Waals surface area contributed by atoms with Crippen LogP contribution in [-0.2, 0) is 0 Å². The number of hydrogen-bond donors (Lipinski definition) is 2. The molecule has 6 aliphatic heterocycles. The fourth-order valence-electron chi connectivity index (χ4n) is 3.18. The van der Waals surface area contributed by atoms with Gasteiger partial charge in [0.25, 0.3) is 0 Å². The number of hydrogen-bond acceptors (Lipinski definition) is 10. The summed E-state index contributed by atoms with van der Waals surface area (Å²) in [5, 5.41) is 3.11. The molecule has 1 atom stereocenters. The summed E-state index contributed by atoms with van der Waals surface area (Å²) in [5.41, 5.74) is 0. The first-order chi connectivity index (χ1) is 11.2. The van der Waals surface area contributed by atoms with Crippen LogP contribution in [0, 0.1) is 0 Å². The van der Waals surface area contributed by atoms with Crippen LogP contribution in [0.1, 0.15) is 0 Å².